The van der Waals surface area contributed by atoms with Gasteiger partial charge in [-0.2, -0.15) is 0 Å². The fraction of sp³-hybridized carbons (Fsp3) is 0.318. The third-order valence-corrected chi connectivity index (χ3v) is 6.04. The normalized spacial score (nSPS) is 22.4. The van der Waals surface area contributed by atoms with Crippen LogP contribution in [0.15, 0.2) is 54.6 Å². The van der Waals surface area contributed by atoms with Crippen LogP contribution in [-0.2, 0) is 21.4 Å². The van der Waals surface area contributed by atoms with Crippen molar-refractivity contribution in [3.05, 3.63) is 65.7 Å². The predicted octanol–water partition coefficient (Wildman–Crippen LogP) is 1.78. The van der Waals surface area contributed by atoms with Crippen molar-refractivity contribution in [2.45, 2.75) is 30.7 Å². The Hall–Kier alpha value is -3.35. The van der Waals surface area contributed by atoms with Crippen LogP contribution in [-0.4, -0.2) is 41.9 Å². The SMILES string of the molecule is NC(=O)NCC(=O)N1CC[C@]2(C(=O)Nc3ccccc32)[C@@H]1CCc1ccccc1. The van der Waals surface area contributed by atoms with Crippen molar-refractivity contribution in [3.63, 3.8) is 0 Å². The molecule has 29 heavy (non-hydrogen) atoms. The number of nitrogens with one attached hydrogen (secondary N) is 2. The Morgan fingerprint density at radius 1 is 1.14 bits per heavy atom. The predicted molar refractivity (Wildman–Crippen MR) is 109 cm³/mol. The summed E-state index contributed by atoms with van der Waals surface area (Å²) in [7, 11) is 0. The minimum absolute atomic E-state index is 0.0603. The average molecular weight is 392 g/mol. The summed E-state index contributed by atoms with van der Waals surface area (Å²) in [6, 6.07) is 16.7. The van der Waals surface area contributed by atoms with Crippen LogP contribution >= 0.6 is 0 Å². The van der Waals surface area contributed by atoms with E-state index in [9.17, 15) is 14.4 Å². The van der Waals surface area contributed by atoms with Crippen molar-refractivity contribution < 1.29 is 14.4 Å². The first-order valence-corrected chi connectivity index (χ1v) is 9.80. The van der Waals surface area contributed by atoms with E-state index < -0.39 is 11.4 Å². The number of para-hydroxylation sites is 1. The van der Waals surface area contributed by atoms with Crippen molar-refractivity contribution in [2.24, 2.45) is 5.73 Å². The second-order valence-corrected chi connectivity index (χ2v) is 7.57. The Labute approximate surface area is 169 Å². The number of carbonyl (C=O) groups is 3. The summed E-state index contributed by atoms with van der Waals surface area (Å²) in [6.07, 6.45) is 1.95. The van der Waals surface area contributed by atoms with E-state index in [1.165, 1.54) is 0 Å². The first kappa shape index (κ1) is 19.0. The summed E-state index contributed by atoms with van der Waals surface area (Å²) in [5, 5.41) is 5.37. The molecule has 0 radical (unpaired) electrons. The van der Waals surface area contributed by atoms with Gasteiger partial charge in [0.15, 0.2) is 0 Å². The molecule has 150 valence electrons. The van der Waals surface area contributed by atoms with Gasteiger partial charge in [0.2, 0.25) is 11.8 Å². The van der Waals surface area contributed by atoms with Crippen LogP contribution in [0, 0.1) is 0 Å². The Bertz CT molecular complexity index is 946. The third kappa shape index (κ3) is 3.33. The maximum absolute atomic E-state index is 13.2. The third-order valence-electron chi connectivity index (χ3n) is 6.04. The highest BCUT2D eigenvalue weighted by molar-refractivity contribution is 6.07. The number of urea groups is 1. The molecule has 1 fully saturated rings. The monoisotopic (exact) mass is 392 g/mol. The first-order valence-electron chi connectivity index (χ1n) is 9.80. The highest BCUT2D eigenvalue weighted by Crippen LogP contribution is 2.49. The smallest absolute Gasteiger partial charge is 0.312 e. The molecule has 1 spiro atoms. The van der Waals surface area contributed by atoms with Crippen molar-refractivity contribution in [3.8, 4) is 0 Å². The van der Waals surface area contributed by atoms with Crippen LogP contribution in [0.5, 0.6) is 0 Å². The molecule has 2 aliphatic rings. The van der Waals surface area contributed by atoms with Crippen molar-refractivity contribution >= 4 is 23.5 Å². The van der Waals surface area contributed by atoms with Crippen LogP contribution in [0.4, 0.5) is 10.5 Å². The van der Waals surface area contributed by atoms with E-state index in [1.807, 2.05) is 54.6 Å². The first-order chi connectivity index (χ1) is 14.0. The number of hydrogen-bond acceptors (Lipinski definition) is 3. The zero-order valence-electron chi connectivity index (χ0n) is 16.1. The lowest BCUT2D eigenvalue weighted by Crippen LogP contribution is -2.51. The number of primary amides is 1. The van der Waals surface area contributed by atoms with Crippen LogP contribution in [0.2, 0.25) is 0 Å². The van der Waals surface area contributed by atoms with E-state index in [0.717, 1.165) is 23.2 Å². The van der Waals surface area contributed by atoms with E-state index in [4.69, 9.17) is 5.73 Å². The van der Waals surface area contributed by atoms with Crippen LogP contribution in [0.1, 0.15) is 24.0 Å². The number of aryl methyl sites for hydroxylation is 1. The summed E-state index contributed by atoms with van der Waals surface area (Å²) >= 11 is 0. The molecule has 2 aromatic carbocycles. The maximum Gasteiger partial charge on any atom is 0.312 e. The zero-order chi connectivity index (χ0) is 20.4. The number of hydrogen-bond donors (Lipinski definition) is 3. The number of amides is 4. The Morgan fingerprint density at radius 3 is 2.62 bits per heavy atom. The van der Waals surface area contributed by atoms with Gasteiger partial charge in [-0.1, -0.05) is 48.5 Å². The highest BCUT2D eigenvalue weighted by atomic mass is 16.2. The van der Waals surface area contributed by atoms with Gasteiger partial charge in [0.25, 0.3) is 0 Å². The van der Waals surface area contributed by atoms with E-state index in [1.54, 1.807) is 4.90 Å². The fourth-order valence-corrected chi connectivity index (χ4v) is 4.71. The molecule has 2 atom stereocenters. The lowest BCUT2D eigenvalue weighted by Gasteiger charge is -2.34. The minimum atomic E-state index is -0.770. The topological polar surface area (TPSA) is 105 Å². The molecule has 2 heterocycles. The average Bonchev–Trinajstić information content (AvgIpc) is 3.24. The van der Waals surface area contributed by atoms with Gasteiger partial charge in [0.05, 0.1) is 18.0 Å². The fourth-order valence-electron chi connectivity index (χ4n) is 4.71. The molecule has 7 heteroatoms. The zero-order valence-corrected chi connectivity index (χ0v) is 16.1. The summed E-state index contributed by atoms with van der Waals surface area (Å²) in [4.78, 5) is 38.8. The lowest BCUT2D eigenvalue weighted by molar-refractivity contribution is -0.132. The van der Waals surface area contributed by atoms with Gasteiger partial charge in [0.1, 0.15) is 0 Å². The minimum Gasteiger partial charge on any atom is -0.352 e. The number of nitrogens with zero attached hydrogens (tertiary/aromatic N) is 1. The number of likely N-dealkylation sites (tertiary alicyclic amines) is 1. The summed E-state index contributed by atoms with van der Waals surface area (Å²) in [5.41, 5.74) is 7.27. The van der Waals surface area contributed by atoms with Crippen LogP contribution in [0.25, 0.3) is 0 Å². The molecule has 4 rings (SSSR count). The second kappa shape index (κ2) is 7.58. The summed E-state index contributed by atoms with van der Waals surface area (Å²) < 4.78 is 0. The Morgan fingerprint density at radius 2 is 1.86 bits per heavy atom. The Balaban J connectivity index is 1.66. The van der Waals surface area contributed by atoms with Gasteiger partial charge in [-0.15, -0.1) is 0 Å². The van der Waals surface area contributed by atoms with E-state index in [2.05, 4.69) is 10.6 Å². The van der Waals surface area contributed by atoms with E-state index >= 15 is 0 Å². The van der Waals surface area contributed by atoms with Gasteiger partial charge in [0, 0.05) is 12.2 Å². The number of benzene rings is 2. The molecule has 2 aromatic rings. The number of fused-ring (bicyclic) bond motifs is 2. The molecule has 2 aliphatic heterocycles. The van der Waals surface area contributed by atoms with Crippen molar-refractivity contribution in [2.75, 3.05) is 18.4 Å². The number of carbonyl (C=O) groups excluding carboxylic acids is 3. The van der Waals surface area contributed by atoms with Gasteiger partial charge >= 0.3 is 6.03 Å². The number of nitrogens with two attached hydrogens (primary N) is 1. The van der Waals surface area contributed by atoms with Gasteiger partial charge in [-0.3, -0.25) is 9.59 Å². The van der Waals surface area contributed by atoms with E-state index in [-0.39, 0.29) is 24.4 Å². The standard InChI is InChI=1S/C22H24N4O3/c23-21(29)24-14-19(27)26-13-12-22(16-8-4-5-9-17(16)25-20(22)28)18(26)11-10-15-6-2-1-3-7-15/h1-9,18H,10-14H2,(H,25,28)(H3,23,24,29)/t18-,22+/m0/s1. The number of anilines is 1. The molecule has 0 aromatic heterocycles. The highest BCUT2D eigenvalue weighted by Gasteiger charge is 2.58. The van der Waals surface area contributed by atoms with Crippen LogP contribution in [0.3, 0.4) is 0 Å². The van der Waals surface area contributed by atoms with E-state index in [0.29, 0.717) is 19.4 Å². The van der Waals surface area contributed by atoms with Crippen LogP contribution < -0.4 is 16.4 Å². The molecular weight excluding hydrogens is 368 g/mol. The molecule has 4 amide bonds. The number of rotatable bonds is 5. The molecule has 0 saturated carbocycles. The van der Waals surface area contributed by atoms with Gasteiger partial charge in [-0.05, 0) is 36.5 Å². The molecule has 4 N–H and O–H groups in total. The quantitative estimate of drug-likeness (QED) is 0.722. The Kier molecular flexibility index (Phi) is 4.96. The molecule has 7 nitrogen and oxygen atoms in total. The maximum atomic E-state index is 13.2. The summed E-state index contributed by atoms with van der Waals surface area (Å²) in [6.45, 7) is 0.289. The van der Waals surface area contributed by atoms with Gasteiger partial charge < -0.3 is 21.3 Å². The largest absolute Gasteiger partial charge is 0.352 e. The molecule has 0 unspecified atom stereocenters. The molecule has 1 saturated heterocycles. The summed E-state index contributed by atoms with van der Waals surface area (Å²) in [5.74, 6) is -0.286. The molecule has 0 bridgehead atoms. The van der Waals surface area contributed by atoms with Gasteiger partial charge in [-0.25, -0.2) is 4.79 Å². The molecule has 0 aliphatic carbocycles. The molecular formula is C22H24N4O3. The second-order valence-electron chi connectivity index (χ2n) is 7.57. The van der Waals surface area contributed by atoms with Crippen molar-refractivity contribution in [1.29, 1.82) is 0 Å². The van der Waals surface area contributed by atoms with Crippen molar-refractivity contribution in [1.82, 2.24) is 10.2 Å². The lowest BCUT2D eigenvalue weighted by atomic mass is 9.73.